The van der Waals surface area contributed by atoms with Crippen LogP contribution in [0.2, 0.25) is 5.02 Å². The predicted molar refractivity (Wildman–Crippen MR) is 96.9 cm³/mol. The zero-order valence-corrected chi connectivity index (χ0v) is 15.9. The summed E-state index contributed by atoms with van der Waals surface area (Å²) in [4.78, 5) is 14.2. The van der Waals surface area contributed by atoms with E-state index in [2.05, 4.69) is 9.82 Å². The molecule has 10 heteroatoms. The number of amides is 1. The van der Waals surface area contributed by atoms with Gasteiger partial charge in [-0.15, -0.1) is 0 Å². The number of carbonyl (C=O) groups is 1. The summed E-state index contributed by atoms with van der Waals surface area (Å²) >= 11 is 6.04. The van der Waals surface area contributed by atoms with Gasteiger partial charge >= 0.3 is 0 Å². The van der Waals surface area contributed by atoms with Crippen LogP contribution in [0.5, 0.6) is 5.75 Å². The second-order valence-electron chi connectivity index (χ2n) is 5.92. The number of anilines is 1. The molecule has 0 bridgehead atoms. The fourth-order valence-electron chi connectivity index (χ4n) is 2.91. The van der Waals surface area contributed by atoms with Crippen LogP contribution in [-0.4, -0.2) is 43.8 Å². The lowest BCUT2D eigenvalue weighted by atomic mass is 10.1. The highest BCUT2D eigenvalue weighted by molar-refractivity contribution is 7.89. The molecule has 2 heterocycles. The number of benzene rings is 1. The number of nitrogens with one attached hydrogen (secondary N) is 1. The minimum Gasteiger partial charge on any atom is -0.497 e. The number of aryl methyl sites for hydroxylation is 1. The van der Waals surface area contributed by atoms with Crippen molar-refractivity contribution in [3.05, 3.63) is 35.5 Å². The minimum absolute atomic E-state index is 0.0602. The van der Waals surface area contributed by atoms with Gasteiger partial charge in [0, 0.05) is 25.7 Å². The Labute approximate surface area is 156 Å². The van der Waals surface area contributed by atoms with Crippen LogP contribution < -0.4 is 14.4 Å². The Morgan fingerprint density at radius 1 is 1.35 bits per heavy atom. The molecule has 1 aliphatic rings. The molecule has 1 amide bonds. The van der Waals surface area contributed by atoms with Gasteiger partial charge in [-0.05, 0) is 25.0 Å². The van der Waals surface area contributed by atoms with Gasteiger partial charge < -0.3 is 4.74 Å². The molecular formula is C16H19ClN4O4S. The van der Waals surface area contributed by atoms with Crippen molar-refractivity contribution in [2.75, 3.05) is 18.6 Å². The molecule has 0 unspecified atom stereocenters. The van der Waals surface area contributed by atoms with E-state index in [1.165, 1.54) is 24.1 Å². The normalized spacial score (nSPS) is 18.2. The third kappa shape index (κ3) is 3.55. The van der Waals surface area contributed by atoms with Gasteiger partial charge in [0.2, 0.25) is 15.9 Å². The van der Waals surface area contributed by atoms with Gasteiger partial charge in [-0.25, -0.2) is 8.42 Å². The van der Waals surface area contributed by atoms with Gasteiger partial charge in [-0.2, -0.15) is 9.82 Å². The number of aromatic nitrogens is 2. The van der Waals surface area contributed by atoms with Crippen molar-refractivity contribution < 1.29 is 17.9 Å². The van der Waals surface area contributed by atoms with Crippen molar-refractivity contribution in [3.8, 4) is 5.75 Å². The second kappa shape index (κ2) is 7.26. The van der Waals surface area contributed by atoms with Gasteiger partial charge in [0.1, 0.15) is 22.5 Å². The largest absolute Gasteiger partial charge is 0.497 e. The Morgan fingerprint density at radius 3 is 2.77 bits per heavy atom. The number of hydrogen-bond donors (Lipinski definition) is 1. The van der Waals surface area contributed by atoms with Crippen molar-refractivity contribution in [3.63, 3.8) is 0 Å². The highest BCUT2D eigenvalue weighted by Gasteiger charge is 2.34. The number of methoxy groups -OCH3 is 1. The van der Waals surface area contributed by atoms with Crippen LogP contribution in [-0.2, 0) is 21.9 Å². The zero-order valence-electron chi connectivity index (χ0n) is 14.3. The molecule has 1 fully saturated rings. The third-order valence-electron chi connectivity index (χ3n) is 4.24. The fraction of sp³-hybridized carbons (Fsp3) is 0.375. The number of ether oxygens (including phenoxy) is 1. The average molecular weight is 399 g/mol. The van der Waals surface area contributed by atoms with Crippen LogP contribution in [0.15, 0.2) is 35.4 Å². The van der Waals surface area contributed by atoms with Crippen LogP contribution in [0.1, 0.15) is 12.8 Å². The van der Waals surface area contributed by atoms with Gasteiger partial charge in [0.15, 0.2) is 0 Å². The molecule has 0 radical (unpaired) electrons. The first-order valence-corrected chi connectivity index (χ1v) is 9.85. The number of nitrogens with zero attached hydrogens (tertiary/aromatic N) is 3. The molecule has 140 valence electrons. The van der Waals surface area contributed by atoms with E-state index < -0.39 is 16.1 Å². The zero-order chi connectivity index (χ0) is 18.9. The quantitative estimate of drug-likeness (QED) is 0.824. The van der Waals surface area contributed by atoms with E-state index >= 15 is 0 Å². The van der Waals surface area contributed by atoms with Gasteiger partial charge in [-0.3, -0.25) is 14.4 Å². The molecule has 0 spiro atoms. The smallest absolute Gasteiger partial charge is 0.246 e. The second-order valence-corrected chi connectivity index (χ2v) is 8.00. The fourth-order valence-corrected chi connectivity index (χ4v) is 4.65. The van der Waals surface area contributed by atoms with E-state index in [0.29, 0.717) is 31.0 Å². The third-order valence-corrected chi connectivity index (χ3v) is 6.19. The summed E-state index contributed by atoms with van der Waals surface area (Å²) in [6.45, 7) is 0.510. The van der Waals surface area contributed by atoms with Crippen LogP contribution in [0.25, 0.3) is 0 Å². The highest BCUT2D eigenvalue weighted by atomic mass is 35.5. The number of rotatable bonds is 5. The Kier molecular flexibility index (Phi) is 5.22. The maximum Gasteiger partial charge on any atom is 0.246 e. The summed E-state index contributed by atoms with van der Waals surface area (Å²) in [6.07, 6.45) is 2.66. The maximum atomic E-state index is 12.8. The van der Waals surface area contributed by atoms with E-state index in [1.807, 2.05) is 0 Å². The van der Waals surface area contributed by atoms with Crippen LogP contribution in [0.4, 0.5) is 5.82 Å². The summed E-state index contributed by atoms with van der Waals surface area (Å²) in [5.41, 5.74) is 0. The SMILES string of the molecule is COc1ccc(Cl)c(S(=O)(=O)N[C@H]2CCCN(c3ccnn3C)C2=O)c1. The lowest BCUT2D eigenvalue weighted by Crippen LogP contribution is -2.52. The molecule has 0 saturated carbocycles. The summed E-state index contributed by atoms with van der Waals surface area (Å²) in [5.74, 6) is 0.669. The molecule has 0 aliphatic carbocycles. The standard InChI is InChI=1S/C16H19ClN4O4S/c1-20-15(7-8-18-20)21-9-3-4-13(16(21)22)19-26(23,24)14-10-11(25-2)5-6-12(14)17/h5-8,10,13,19H,3-4,9H2,1-2H3/t13-/m0/s1. The molecule has 2 aromatic rings. The Bertz CT molecular complexity index is 928. The highest BCUT2D eigenvalue weighted by Crippen LogP contribution is 2.27. The molecule has 1 aromatic carbocycles. The average Bonchev–Trinajstić information content (AvgIpc) is 3.03. The monoisotopic (exact) mass is 398 g/mol. The van der Waals surface area contributed by atoms with E-state index in [9.17, 15) is 13.2 Å². The molecular weight excluding hydrogens is 380 g/mol. The molecule has 1 aliphatic heterocycles. The summed E-state index contributed by atoms with van der Waals surface area (Å²) in [5, 5.41) is 4.12. The number of sulfonamides is 1. The van der Waals surface area contributed by atoms with Crippen molar-refractivity contribution in [2.45, 2.75) is 23.8 Å². The van der Waals surface area contributed by atoms with Crippen LogP contribution >= 0.6 is 11.6 Å². The Balaban J connectivity index is 1.85. The summed E-state index contributed by atoms with van der Waals surface area (Å²) in [7, 11) is -0.828. The molecule has 26 heavy (non-hydrogen) atoms. The van der Waals surface area contributed by atoms with Crippen LogP contribution in [0.3, 0.4) is 0 Å². The lowest BCUT2D eigenvalue weighted by molar-refractivity contribution is -0.121. The van der Waals surface area contributed by atoms with E-state index in [0.717, 1.165) is 0 Å². The first kappa shape index (κ1) is 18.7. The van der Waals surface area contributed by atoms with Crippen molar-refractivity contribution in [1.29, 1.82) is 0 Å². The van der Waals surface area contributed by atoms with E-state index in [-0.39, 0.29) is 15.8 Å². The van der Waals surface area contributed by atoms with Crippen LogP contribution in [0, 0.1) is 0 Å². The molecule has 3 rings (SSSR count). The molecule has 1 saturated heterocycles. The molecule has 1 atom stereocenters. The number of halogens is 1. The summed E-state index contributed by atoms with van der Waals surface area (Å²) < 4.78 is 34.6. The van der Waals surface area contributed by atoms with E-state index in [4.69, 9.17) is 16.3 Å². The number of carbonyl (C=O) groups excluding carboxylic acids is 1. The minimum atomic E-state index is -3.99. The van der Waals surface area contributed by atoms with Crippen molar-refractivity contribution in [2.24, 2.45) is 7.05 Å². The number of hydrogen-bond acceptors (Lipinski definition) is 5. The molecule has 1 aromatic heterocycles. The lowest BCUT2D eigenvalue weighted by Gasteiger charge is -2.32. The van der Waals surface area contributed by atoms with Gasteiger partial charge in [0.25, 0.3) is 0 Å². The predicted octanol–water partition coefficient (Wildman–Crippen LogP) is 1.56. The van der Waals surface area contributed by atoms with Crippen molar-refractivity contribution >= 4 is 33.3 Å². The van der Waals surface area contributed by atoms with Gasteiger partial charge in [-0.1, -0.05) is 11.6 Å². The van der Waals surface area contributed by atoms with Gasteiger partial charge in [0.05, 0.1) is 18.3 Å². The summed E-state index contributed by atoms with van der Waals surface area (Å²) in [6, 6.07) is 5.19. The first-order chi connectivity index (χ1) is 12.3. The molecule has 8 nitrogen and oxygen atoms in total. The topological polar surface area (TPSA) is 93.5 Å². The molecule has 1 N–H and O–H groups in total. The first-order valence-electron chi connectivity index (χ1n) is 7.99. The maximum absolute atomic E-state index is 12.8. The van der Waals surface area contributed by atoms with Crippen molar-refractivity contribution in [1.82, 2.24) is 14.5 Å². The number of piperidine rings is 1. The Hall–Kier alpha value is -2.10. The Morgan fingerprint density at radius 2 is 2.12 bits per heavy atom. The van der Waals surface area contributed by atoms with E-state index in [1.54, 1.807) is 30.1 Å².